The maximum absolute atomic E-state index is 2.27. The van der Waals surface area contributed by atoms with E-state index in [0.29, 0.717) is 0 Å². The third-order valence-corrected chi connectivity index (χ3v) is 2.18. The van der Waals surface area contributed by atoms with Gasteiger partial charge in [0, 0.05) is 0 Å². The number of hydrogen-bond donors (Lipinski definition) is 0. The highest BCUT2D eigenvalue weighted by Gasteiger charge is 2.04. The molecule has 0 aromatic rings. The fraction of sp³-hybridized carbons (Fsp3) is 1.00. The van der Waals surface area contributed by atoms with E-state index >= 15 is 0 Å². The van der Waals surface area contributed by atoms with Crippen molar-refractivity contribution in [3.63, 3.8) is 0 Å². The van der Waals surface area contributed by atoms with Crippen LogP contribution >= 0.6 is 0 Å². The molecule has 0 bridgehead atoms. The third-order valence-electron chi connectivity index (χ3n) is 2.18. The minimum atomic E-state index is 0. The van der Waals surface area contributed by atoms with Crippen molar-refractivity contribution < 1.29 is 15.4 Å². The number of nitrogens with zero attached hydrogens (tertiary/aromatic N) is 1. The average molecular weight is 207 g/mol. The van der Waals surface area contributed by atoms with Gasteiger partial charge in [-0.25, -0.2) is 0 Å². The van der Waals surface area contributed by atoms with Crippen LogP contribution in [-0.4, -0.2) is 43.1 Å². The fourth-order valence-corrected chi connectivity index (χ4v) is 1.37. The summed E-state index contributed by atoms with van der Waals surface area (Å²) in [4.78, 5) is 0. The molecule has 0 aliphatic carbocycles. The van der Waals surface area contributed by atoms with Crippen molar-refractivity contribution in [3.8, 4) is 0 Å². The SMILES string of the molecule is CCCCCCCC[N+](C)(C)C.O.[OH-]. The molecule has 0 radical (unpaired) electrons. The molecule has 0 aromatic carbocycles. The van der Waals surface area contributed by atoms with Gasteiger partial charge >= 0.3 is 0 Å². The molecular weight excluding hydrogens is 178 g/mol. The van der Waals surface area contributed by atoms with E-state index in [9.17, 15) is 0 Å². The van der Waals surface area contributed by atoms with E-state index in [4.69, 9.17) is 0 Å². The van der Waals surface area contributed by atoms with Crippen molar-refractivity contribution in [3.05, 3.63) is 0 Å². The molecule has 0 atom stereocenters. The molecular formula is C11H29NO2. The Morgan fingerprint density at radius 1 is 0.786 bits per heavy atom. The van der Waals surface area contributed by atoms with Crippen LogP contribution in [0, 0.1) is 0 Å². The van der Waals surface area contributed by atoms with Gasteiger partial charge in [-0.1, -0.05) is 32.6 Å². The molecule has 0 aromatic heterocycles. The van der Waals surface area contributed by atoms with Gasteiger partial charge in [0.2, 0.25) is 0 Å². The number of unbranched alkanes of at least 4 members (excludes halogenated alkanes) is 5. The highest BCUT2D eigenvalue weighted by atomic mass is 16.0. The summed E-state index contributed by atoms with van der Waals surface area (Å²) in [7, 11) is 6.81. The van der Waals surface area contributed by atoms with Crippen LogP contribution in [0.25, 0.3) is 0 Å². The summed E-state index contributed by atoms with van der Waals surface area (Å²) in [5.41, 5.74) is 0. The molecule has 0 unspecified atom stereocenters. The fourth-order valence-electron chi connectivity index (χ4n) is 1.37. The maximum atomic E-state index is 2.27. The van der Waals surface area contributed by atoms with E-state index in [1.54, 1.807) is 0 Å². The van der Waals surface area contributed by atoms with Crippen molar-refractivity contribution in [1.29, 1.82) is 0 Å². The van der Waals surface area contributed by atoms with Crippen LogP contribution in [-0.2, 0) is 0 Å². The molecule has 0 amide bonds. The third kappa shape index (κ3) is 17.8. The molecule has 0 saturated carbocycles. The monoisotopic (exact) mass is 207 g/mol. The largest absolute Gasteiger partial charge is 0.870 e. The Bertz CT molecular complexity index is 100.0. The van der Waals surface area contributed by atoms with Crippen LogP contribution in [0.5, 0.6) is 0 Å². The van der Waals surface area contributed by atoms with Gasteiger partial charge in [0.25, 0.3) is 0 Å². The van der Waals surface area contributed by atoms with Gasteiger partial charge in [0.1, 0.15) is 0 Å². The second-order valence-electron chi connectivity index (χ2n) is 4.78. The molecule has 0 rings (SSSR count). The number of hydrogen-bond acceptors (Lipinski definition) is 1. The van der Waals surface area contributed by atoms with Crippen molar-refractivity contribution in [1.82, 2.24) is 0 Å². The standard InChI is InChI=1S/C11H26N.2H2O/c1-5-6-7-8-9-10-11-12(2,3)4;;/h5-11H2,1-4H3;2*1H2/q+1;;/p-1. The van der Waals surface area contributed by atoms with E-state index in [1.807, 2.05) is 0 Å². The van der Waals surface area contributed by atoms with Gasteiger partial charge in [0.15, 0.2) is 0 Å². The van der Waals surface area contributed by atoms with E-state index in [1.165, 1.54) is 45.1 Å². The van der Waals surface area contributed by atoms with Gasteiger partial charge in [-0.15, -0.1) is 0 Å². The van der Waals surface area contributed by atoms with Gasteiger partial charge in [0.05, 0.1) is 27.7 Å². The Labute approximate surface area is 89.3 Å². The van der Waals surface area contributed by atoms with Crippen LogP contribution in [0.3, 0.4) is 0 Å². The summed E-state index contributed by atoms with van der Waals surface area (Å²) >= 11 is 0. The van der Waals surface area contributed by atoms with Gasteiger partial charge in [-0.05, 0) is 12.8 Å². The topological polar surface area (TPSA) is 61.5 Å². The predicted octanol–water partition coefficient (Wildman–Crippen LogP) is 2.05. The average Bonchev–Trinajstić information content (AvgIpc) is 1.94. The van der Waals surface area contributed by atoms with Crippen LogP contribution in [0.15, 0.2) is 0 Å². The van der Waals surface area contributed by atoms with Crippen molar-refractivity contribution in [2.45, 2.75) is 45.4 Å². The highest BCUT2D eigenvalue weighted by Crippen LogP contribution is 2.06. The minimum absolute atomic E-state index is 0. The Kier molecular flexibility index (Phi) is 15.2. The van der Waals surface area contributed by atoms with Crippen molar-refractivity contribution in [2.24, 2.45) is 0 Å². The first-order valence-corrected chi connectivity index (χ1v) is 5.36. The summed E-state index contributed by atoms with van der Waals surface area (Å²) in [6, 6.07) is 0. The lowest BCUT2D eigenvalue weighted by Crippen LogP contribution is -2.35. The molecule has 3 nitrogen and oxygen atoms in total. The van der Waals surface area contributed by atoms with Crippen LogP contribution in [0.4, 0.5) is 0 Å². The first-order valence-electron chi connectivity index (χ1n) is 5.36. The highest BCUT2D eigenvalue weighted by molar-refractivity contribution is 4.42. The maximum Gasteiger partial charge on any atom is 0.0780 e. The zero-order valence-electron chi connectivity index (χ0n) is 10.3. The zero-order chi connectivity index (χ0) is 9.45. The first kappa shape index (κ1) is 19.5. The summed E-state index contributed by atoms with van der Waals surface area (Å²) in [5.74, 6) is 0. The van der Waals surface area contributed by atoms with Crippen LogP contribution in [0.2, 0.25) is 0 Å². The second kappa shape index (κ2) is 11.0. The Hall–Kier alpha value is -0.120. The molecule has 0 fully saturated rings. The van der Waals surface area contributed by atoms with Crippen molar-refractivity contribution in [2.75, 3.05) is 27.7 Å². The second-order valence-corrected chi connectivity index (χ2v) is 4.78. The lowest BCUT2D eigenvalue weighted by molar-refractivity contribution is -0.870. The lowest BCUT2D eigenvalue weighted by atomic mass is 10.1. The molecule has 0 saturated heterocycles. The Balaban J connectivity index is -0.000000605. The van der Waals surface area contributed by atoms with E-state index in [0.717, 1.165) is 4.48 Å². The van der Waals surface area contributed by atoms with E-state index in [2.05, 4.69) is 28.1 Å². The smallest absolute Gasteiger partial charge is 0.0780 e. The van der Waals surface area contributed by atoms with Gasteiger partial charge in [-0.3, -0.25) is 0 Å². The lowest BCUT2D eigenvalue weighted by Gasteiger charge is -2.23. The van der Waals surface area contributed by atoms with Crippen LogP contribution in [0.1, 0.15) is 45.4 Å². The van der Waals surface area contributed by atoms with Gasteiger partial charge in [-0.2, -0.15) is 0 Å². The summed E-state index contributed by atoms with van der Waals surface area (Å²) in [6.45, 7) is 3.60. The van der Waals surface area contributed by atoms with Crippen molar-refractivity contribution >= 4 is 0 Å². The quantitative estimate of drug-likeness (QED) is 0.465. The first-order chi connectivity index (χ1) is 5.56. The summed E-state index contributed by atoms with van der Waals surface area (Å²) < 4.78 is 1.12. The minimum Gasteiger partial charge on any atom is -0.870 e. The summed E-state index contributed by atoms with van der Waals surface area (Å²) in [6.07, 6.45) is 8.48. The number of quaternary nitrogens is 1. The van der Waals surface area contributed by atoms with E-state index in [-0.39, 0.29) is 11.0 Å². The molecule has 90 valence electrons. The Morgan fingerprint density at radius 2 is 1.21 bits per heavy atom. The zero-order valence-corrected chi connectivity index (χ0v) is 10.3. The molecule has 0 aliphatic heterocycles. The Morgan fingerprint density at radius 3 is 1.64 bits per heavy atom. The molecule has 0 heterocycles. The molecule has 3 N–H and O–H groups in total. The van der Waals surface area contributed by atoms with Crippen LogP contribution < -0.4 is 0 Å². The molecule has 0 spiro atoms. The number of rotatable bonds is 7. The van der Waals surface area contributed by atoms with Gasteiger partial charge < -0.3 is 15.4 Å². The molecule has 0 aliphatic rings. The molecule has 3 heteroatoms. The van der Waals surface area contributed by atoms with E-state index < -0.39 is 0 Å². The normalized spacial score (nSPS) is 10.3. The molecule has 14 heavy (non-hydrogen) atoms. The summed E-state index contributed by atoms with van der Waals surface area (Å²) in [5, 5.41) is 0. The predicted molar refractivity (Wildman–Crippen MR) is 61.8 cm³/mol.